The van der Waals surface area contributed by atoms with Crippen LogP contribution in [0.1, 0.15) is 58.2 Å². The molecule has 0 radical (unpaired) electrons. The van der Waals surface area contributed by atoms with Gasteiger partial charge in [-0.1, -0.05) is 89.7 Å². The Morgan fingerprint density at radius 2 is 1.52 bits per heavy atom. The molecule has 31 heavy (non-hydrogen) atoms. The van der Waals surface area contributed by atoms with E-state index in [2.05, 4.69) is 71.9 Å². The molecule has 0 aliphatic rings. The van der Waals surface area contributed by atoms with E-state index in [1.165, 1.54) is 10.5 Å². The van der Waals surface area contributed by atoms with E-state index < -0.39 is 0 Å². The fourth-order valence-corrected chi connectivity index (χ4v) is 4.43. The maximum Gasteiger partial charge on any atom is 0.128 e. The molecule has 0 aliphatic heterocycles. The molecule has 2 nitrogen and oxygen atoms in total. The first-order valence-electron chi connectivity index (χ1n) is 10.8. The monoisotopic (exact) mass is 431 g/mol. The first-order chi connectivity index (χ1) is 14.5. The Morgan fingerprint density at radius 1 is 0.871 bits per heavy atom. The molecule has 3 aromatic carbocycles. The van der Waals surface area contributed by atoms with Gasteiger partial charge in [-0.3, -0.25) is 4.99 Å². The quantitative estimate of drug-likeness (QED) is 0.413. The van der Waals surface area contributed by atoms with E-state index >= 15 is 0 Å². The SMILES string of the molecule is CC(C)(C)Cc1cc(C=Nc2ccccc2Sc2ccccc2)c(O)c(C(C)(C)C)c1. The number of rotatable bonds is 5. The Bertz CT molecular complexity index is 1060. The number of hydrogen-bond acceptors (Lipinski definition) is 3. The molecule has 0 bridgehead atoms. The highest BCUT2D eigenvalue weighted by atomic mass is 32.2. The minimum absolute atomic E-state index is 0.151. The summed E-state index contributed by atoms with van der Waals surface area (Å²) < 4.78 is 0. The van der Waals surface area contributed by atoms with Crippen molar-refractivity contribution in [1.82, 2.24) is 0 Å². The van der Waals surface area contributed by atoms with Gasteiger partial charge in [-0.25, -0.2) is 0 Å². The average molecular weight is 432 g/mol. The van der Waals surface area contributed by atoms with Crippen molar-refractivity contribution in [2.24, 2.45) is 10.4 Å². The van der Waals surface area contributed by atoms with Crippen molar-refractivity contribution in [3.8, 4) is 5.75 Å². The van der Waals surface area contributed by atoms with Gasteiger partial charge in [0.15, 0.2) is 0 Å². The molecular weight excluding hydrogens is 398 g/mol. The molecule has 0 aliphatic carbocycles. The second kappa shape index (κ2) is 9.32. The number of aromatic hydroxyl groups is 1. The summed E-state index contributed by atoms with van der Waals surface area (Å²) in [6, 6.07) is 22.7. The lowest BCUT2D eigenvalue weighted by Crippen LogP contribution is -2.15. The van der Waals surface area contributed by atoms with E-state index in [0.29, 0.717) is 5.75 Å². The zero-order valence-electron chi connectivity index (χ0n) is 19.4. The molecule has 0 heterocycles. The second-order valence-electron chi connectivity index (χ2n) is 10.2. The Kier molecular flexibility index (Phi) is 6.96. The van der Waals surface area contributed by atoms with E-state index in [4.69, 9.17) is 4.99 Å². The van der Waals surface area contributed by atoms with Crippen molar-refractivity contribution < 1.29 is 5.11 Å². The third-order valence-electron chi connectivity index (χ3n) is 4.92. The van der Waals surface area contributed by atoms with Crippen LogP contribution in [0.2, 0.25) is 0 Å². The van der Waals surface area contributed by atoms with Crippen molar-refractivity contribution in [3.63, 3.8) is 0 Å². The first-order valence-corrected chi connectivity index (χ1v) is 11.6. The van der Waals surface area contributed by atoms with E-state index in [1.807, 2.05) is 36.4 Å². The standard InChI is InChI=1S/C28H33NOS/c1-27(2,3)18-20-16-21(26(30)23(17-20)28(4,5)6)19-29-24-14-10-11-15-25(24)31-22-12-8-7-9-13-22/h7-17,19,30H,18H2,1-6H3. The van der Waals surface area contributed by atoms with Crippen LogP contribution in [0.25, 0.3) is 0 Å². The summed E-state index contributed by atoms with van der Waals surface area (Å²) in [5, 5.41) is 11.0. The second-order valence-corrected chi connectivity index (χ2v) is 11.3. The van der Waals surface area contributed by atoms with Crippen LogP contribution in [-0.2, 0) is 11.8 Å². The van der Waals surface area contributed by atoms with Crippen molar-refractivity contribution >= 4 is 23.7 Å². The minimum atomic E-state index is -0.151. The van der Waals surface area contributed by atoms with E-state index in [0.717, 1.165) is 28.1 Å². The van der Waals surface area contributed by atoms with Crippen LogP contribution in [0.3, 0.4) is 0 Å². The molecule has 0 fully saturated rings. The van der Waals surface area contributed by atoms with Gasteiger partial charge in [0.2, 0.25) is 0 Å². The lowest BCUT2D eigenvalue weighted by molar-refractivity contribution is 0.408. The van der Waals surface area contributed by atoms with E-state index in [1.54, 1.807) is 18.0 Å². The predicted octanol–water partition coefficient (Wildman–Crippen LogP) is 8.18. The first kappa shape index (κ1) is 23.1. The minimum Gasteiger partial charge on any atom is -0.507 e. The molecule has 0 aromatic heterocycles. The van der Waals surface area contributed by atoms with Crippen LogP contribution in [0.4, 0.5) is 5.69 Å². The Hall–Kier alpha value is -2.52. The maximum absolute atomic E-state index is 11.0. The lowest BCUT2D eigenvalue weighted by atomic mass is 9.81. The van der Waals surface area contributed by atoms with Gasteiger partial charge in [-0.2, -0.15) is 0 Å². The summed E-state index contributed by atoms with van der Waals surface area (Å²) in [5.74, 6) is 0.321. The summed E-state index contributed by atoms with van der Waals surface area (Å²) in [6.45, 7) is 13.1. The number of hydrogen-bond donors (Lipinski definition) is 1. The zero-order chi connectivity index (χ0) is 22.6. The third kappa shape index (κ3) is 6.48. The highest BCUT2D eigenvalue weighted by Gasteiger charge is 2.22. The predicted molar refractivity (Wildman–Crippen MR) is 134 cm³/mol. The summed E-state index contributed by atoms with van der Waals surface area (Å²) in [7, 11) is 0. The molecule has 0 spiro atoms. The summed E-state index contributed by atoms with van der Waals surface area (Å²) in [5.41, 5.74) is 3.87. The Morgan fingerprint density at radius 3 is 2.16 bits per heavy atom. The van der Waals surface area contributed by atoms with Crippen LogP contribution in [0, 0.1) is 5.41 Å². The van der Waals surface area contributed by atoms with Crippen molar-refractivity contribution in [1.29, 1.82) is 0 Å². The molecule has 0 saturated carbocycles. The van der Waals surface area contributed by atoms with Crippen molar-refractivity contribution in [3.05, 3.63) is 83.4 Å². The summed E-state index contributed by atoms with van der Waals surface area (Å²) >= 11 is 1.70. The highest BCUT2D eigenvalue weighted by molar-refractivity contribution is 7.99. The smallest absolute Gasteiger partial charge is 0.128 e. The fourth-order valence-electron chi connectivity index (χ4n) is 3.51. The van der Waals surface area contributed by atoms with Gasteiger partial charge < -0.3 is 5.11 Å². The molecule has 3 aromatic rings. The van der Waals surface area contributed by atoms with Crippen LogP contribution in [0.5, 0.6) is 5.75 Å². The number of aliphatic imine (C=N–C) groups is 1. The number of phenols is 1. The molecule has 0 amide bonds. The van der Waals surface area contributed by atoms with Gasteiger partial charge in [0.05, 0.1) is 5.69 Å². The molecular formula is C28H33NOS. The molecule has 3 heteroatoms. The van der Waals surface area contributed by atoms with Crippen LogP contribution in [0.15, 0.2) is 81.5 Å². The van der Waals surface area contributed by atoms with Gasteiger partial charge >= 0.3 is 0 Å². The van der Waals surface area contributed by atoms with Gasteiger partial charge in [-0.05, 0) is 53.1 Å². The number of para-hydroxylation sites is 1. The van der Waals surface area contributed by atoms with Crippen molar-refractivity contribution in [2.45, 2.75) is 63.2 Å². The van der Waals surface area contributed by atoms with Crippen LogP contribution in [-0.4, -0.2) is 11.3 Å². The van der Waals surface area contributed by atoms with Gasteiger partial charge in [0, 0.05) is 27.1 Å². The molecule has 1 N–H and O–H groups in total. The normalized spacial score (nSPS) is 12.5. The molecule has 162 valence electrons. The molecule has 0 unspecified atom stereocenters. The molecule has 0 atom stereocenters. The Labute approximate surface area is 191 Å². The van der Waals surface area contributed by atoms with Crippen molar-refractivity contribution in [2.75, 3.05) is 0 Å². The Balaban J connectivity index is 1.99. The number of phenolic OH excluding ortho intramolecular Hbond substituents is 1. The molecule has 3 rings (SSSR count). The summed E-state index contributed by atoms with van der Waals surface area (Å²) in [4.78, 5) is 7.05. The largest absolute Gasteiger partial charge is 0.507 e. The van der Waals surface area contributed by atoms with Crippen LogP contribution < -0.4 is 0 Å². The number of benzene rings is 3. The summed E-state index contributed by atoms with van der Waals surface area (Å²) in [6.07, 6.45) is 2.75. The van der Waals surface area contributed by atoms with Gasteiger partial charge in [0.25, 0.3) is 0 Å². The number of nitrogens with zero attached hydrogens (tertiary/aromatic N) is 1. The highest BCUT2D eigenvalue weighted by Crippen LogP contribution is 2.37. The van der Waals surface area contributed by atoms with E-state index in [-0.39, 0.29) is 10.8 Å². The fraction of sp³-hybridized carbons (Fsp3) is 0.321. The topological polar surface area (TPSA) is 32.6 Å². The van der Waals surface area contributed by atoms with Crippen LogP contribution >= 0.6 is 11.8 Å². The average Bonchev–Trinajstić information content (AvgIpc) is 2.68. The third-order valence-corrected chi connectivity index (χ3v) is 5.99. The zero-order valence-corrected chi connectivity index (χ0v) is 20.3. The maximum atomic E-state index is 11.0. The van der Waals surface area contributed by atoms with Gasteiger partial charge in [0.1, 0.15) is 5.75 Å². The van der Waals surface area contributed by atoms with E-state index in [9.17, 15) is 5.11 Å². The lowest BCUT2D eigenvalue weighted by Gasteiger charge is -2.25. The van der Waals surface area contributed by atoms with Gasteiger partial charge in [-0.15, -0.1) is 0 Å². The molecule has 0 saturated heterocycles.